The molecule has 3 N–H and O–H groups in total. The summed E-state index contributed by atoms with van der Waals surface area (Å²) in [6, 6.07) is 11.2. The second-order valence-electron chi connectivity index (χ2n) is 8.12. The van der Waals surface area contributed by atoms with Crippen molar-refractivity contribution in [1.29, 1.82) is 0 Å². The maximum atomic E-state index is 12.5. The molecule has 0 atom stereocenters. The molecule has 8 heteroatoms. The van der Waals surface area contributed by atoms with Crippen molar-refractivity contribution in [3.05, 3.63) is 48.8 Å². The highest BCUT2D eigenvalue weighted by atomic mass is 16.5. The first kappa shape index (κ1) is 19.6. The first-order valence-electron chi connectivity index (χ1n) is 10.7. The van der Waals surface area contributed by atoms with Crippen LogP contribution in [0.15, 0.2) is 48.8 Å². The van der Waals surface area contributed by atoms with Crippen molar-refractivity contribution in [1.82, 2.24) is 20.2 Å². The molecule has 0 radical (unpaired) electrons. The van der Waals surface area contributed by atoms with Crippen LogP contribution in [0.25, 0.3) is 10.9 Å². The van der Waals surface area contributed by atoms with E-state index in [1.54, 1.807) is 29.1 Å². The Morgan fingerprint density at radius 1 is 1.03 bits per heavy atom. The number of hydrogen-bond donors (Lipinski definition) is 3. The molecule has 2 aliphatic rings. The van der Waals surface area contributed by atoms with Crippen molar-refractivity contribution in [2.75, 3.05) is 18.4 Å². The number of nitrogens with one attached hydrogen (secondary N) is 3. The molecule has 2 amide bonds. The fraction of sp³-hybridized carbons (Fsp3) is 0.348. The van der Waals surface area contributed by atoms with Gasteiger partial charge in [0, 0.05) is 35.8 Å². The quantitative estimate of drug-likeness (QED) is 0.588. The zero-order chi connectivity index (χ0) is 21.2. The smallest absolute Gasteiger partial charge is 0.326 e. The summed E-state index contributed by atoms with van der Waals surface area (Å²) < 4.78 is 7.61. The third-order valence-corrected chi connectivity index (χ3v) is 5.71. The number of anilines is 1. The first-order chi connectivity index (χ1) is 15.2. The number of aromatic nitrogens is 2. The predicted octanol–water partition coefficient (Wildman–Crippen LogP) is 3.49. The fourth-order valence-electron chi connectivity index (χ4n) is 3.82. The number of piperidine rings is 1. The molecule has 160 valence electrons. The van der Waals surface area contributed by atoms with E-state index in [4.69, 9.17) is 4.74 Å². The van der Waals surface area contributed by atoms with Crippen LogP contribution in [0.1, 0.15) is 25.7 Å². The van der Waals surface area contributed by atoms with Crippen LogP contribution < -0.4 is 20.7 Å². The number of fused-ring (bicyclic) bond motifs is 1. The number of nitrogens with zero attached hydrogens (tertiary/aromatic N) is 2. The Labute approximate surface area is 180 Å². The lowest BCUT2D eigenvalue weighted by molar-refractivity contribution is -0.120. The Kier molecular flexibility index (Phi) is 5.30. The predicted molar refractivity (Wildman–Crippen MR) is 117 cm³/mol. The van der Waals surface area contributed by atoms with Gasteiger partial charge >= 0.3 is 6.03 Å². The van der Waals surface area contributed by atoms with Crippen LogP contribution in [0.4, 0.5) is 10.6 Å². The molecule has 3 heterocycles. The van der Waals surface area contributed by atoms with Crippen LogP contribution in [0.2, 0.25) is 0 Å². The zero-order valence-electron chi connectivity index (χ0n) is 17.1. The summed E-state index contributed by atoms with van der Waals surface area (Å²) in [5, 5.41) is 10.1. The van der Waals surface area contributed by atoms with Gasteiger partial charge in [-0.1, -0.05) is 0 Å². The molecular weight excluding hydrogens is 394 g/mol. The molecule has 1 aromatic carbocycles. The van der Waals surface area contributed by atoms with Gasteiger partial charge in [-0.15, -0.1) is 0 Å². The van der Waals surface area contributed by atoms with Crippen molar-refractivity contribution < 1.29 is 14.3 Å². The minimum atomic E-state index is -0.102. The number of benzene rings is 1. The average Bonchev–Trinajstić information content (AvgIpc) is 3.50. The molecule has 31 heavy (non-hydrogen) atoms. The Morgan fingerprint density at radius 3 is 2.65 bits per heavy atom. The molecule has 5 rings (SSSR count). The molecule has 0 unspecified atom stereocenters. The Balaban J connectivity index is 1.27. The summed E-state index contributed by atoms with van der Waals surface area (Å²) in [4.78, 5) is 29.1. The van der Waals surface area contributed by atoms with Gasteiger partial charge in [-0.3, -0.25) is 9.36 Å². The summed E-state index contributed by atoms with van der Waals surface area (Å²) in [7, 11) is 0. The van der Waals surface area contributed by atoms with Gasteiger partial charge in [0.05, 0.1) is 5.52 Å². The third kappa shape index (κ3) is 4.54. The monoisotopic (exact) mass is 419 g/mol. The Bertz CT molecular complexity index is 1120. The Hall–Kier alpha value is -3.39. The normalized spacial score (nSPS) is 16.8. The maximum absolute atomic E-state index is 12.5. The highest BCUT2D eigenvalue weighted by Gasteiger charge is 2.24. The molecule has 1 saturated carbocycles. The lowest BCUT2D eigenvalue weighted by Gasteiger charge is -2.21. The van der Waals surface area contributed by atoms with E-state index in [0.29, 0.717) is 23.4 Å². The molecule has 3 aromatic rings. The standard InChI is InChI=1S/C23H25N5O3/c29-22(15-5-9-24-10-6-15)27-21-14-19(7-11-25-21)31-18-3-4-20-16(13-18)8-12-28(20)23(30)26-17-1-2-17/h3-4,7-8,11-15,17,24H,1-2,5-6,9-10H2,(H,26,30)(H,25,27,29). The van der Waals surface area contributed by atoms with Crippen LogP contribution in [0.3, 0.4) is 0 Å². The number of carbonyl (C=O) groups excluding carboxylic acids is 2. The lowest BCUT2D eigenvalue weighted by Crippen LogP contribution is -2.34. The van der Waals surface area contributed by atoms with Crippen molar-refractivity contribution in [2.24, 2.45) is 5.92 Å². The van der Waals surface area contributed by atoms with Crippen molar-refractivity contribution in [3.8, 4) is 11.5 Å². The zero-order valence-corrected chi connectivity index (χ0v) is 17.1. The largest absolute Gasteiger partial charge is 0.457 e. The highest BCUT2D eigenvalue weighted by molar-refractivity contribution is 5.93. The van der Waals surface area contributed by atoms with Gasteiger partial charge < -0.3 is 20.7 Å². The van der Waals surface area contributed by atoms with E-state index in [1.165, 1.54) is 0 Å². The molecule has 1 aliphatic carbocycles. The number of rotatable bonds is 5. The van der Waals surface area contributed by atoms with Gasteiger partial charge in [0.1, 0.15) is 17.3 Å². The molecule has 2 fully saturated rings. The number of hydrogen-bond acceptors (Lipinski definition) is 5. The first-order valence-corrected chi connectivity index (χ1v) is 10.7. The molecule has 0 bridgehead atoms. The van der Waals surface area contributed by atoms with Crippen LogP contribution in [-0.2, 0) is 4.79 Å². The summed E-state index contributed by atoms with van der Waals surface area (Å²) in [5.41, 5.74) is 0.829. The van der Waals surface area contributed by atoms with E-state index in [2.05, 4.69) is 20.9 Å². The van der Waals surface area contributed by atoms with E-state index < -0.39 is 0 Å². The van der Waals surface area contributed by atoms with Gasteiger partial charge in [-0.25, -0.2) is 9.78 Å². The average molecular weight is 419 g/mol. The molecule has 2 aromatic heterocycles. The third-order valence-electron chi connectivity index (χ3n) is 5.71. The van der Waals surface area contributed by atoms with E-state index in [1.807, 2.05) is 24.3 Å². The number of ether oxygens (including phenoxy) is 1. The van der Waals surface area contributed by atoms with Gasteiger partial charge in [-0.2, -0.15) is 0 Å². The van der Waals surface area contributed by atoms with Gasteiger partial charge in [0.25, 0.3) is 0 Å². The summed E-state index contributed by atoms with van der Waals surface area (Å²) in [6.07, 6.45) is 7.16. The van der Waals surface area contributed by atoms with Gasteiger partial charge in [0.15, 0.2) is 0 Å². The minimum absolute atomic E-state index is 0.00150. The van der Waals surface area contributed by atoms with E-state index in [0.717, 1.165) is 49.7 Å². The SMILES string of the molecule is O=C(Nc1cc(Oc2ccc3c(ccn3C(=O)NC3CC3)c2)ccn1)C1CCNCC1. The second-order valence-corrected chi connectivity index (χ2v) is 8.12. The summed E-state index contributed by atoms with van der Waals surface area (Å²) in [5.74, 6) is 1.72. The van der Waals surface area contributed by atoms with Crippen molar-refractivity contribution in [3.63, 3.8) is 0 Å². The van der Waals surface area contributed by atoms with Crippen LogP contribution >= 0.6 is 0 Å². The summed E-state index contributed by atoms with van der Waals surface area (Å²) in [6.45, 7) is 1.72. The fourth-order valence-corrected chi connectivity index (χ4v) is 3.82. The molecule has 8 nitrogen and oxygen atoms in total. The second kappa shape index (κ2) is 8.39. The van der Waals surface area contributed by atoms with E-state index >= 15 is 0 Å². The molecule has 0 spiro atoms. The van der Waals surface area contributed by atoms with E-state index in [-0.39, 0.29) is 17.9 Å². The summed E-state index contributed by atoms with van der Waals surface area (Å²) >= 11 is 0. The number of pyridine rings is 1. The van der Waals surface area contributed by atoms with Crippen LogP contribution in [-0.4, -0.2) is 40.6 Å². The Morgan fingerprint density at radius 2 is 1.84 bits per heavy atom. The molecular formula is C23H25N5O3. The molecule has 1 saturated heterocycles. The van der Waals surface area contributed by atoms with Crippen LogP contribution in [0.5, 0.6) is 11.5 Å². The minimum Gasteiger partial charge on any atom is -0.457 e. The number of carbonyl (C=O) groups is 2. The van der Waals surface area contributed by atoms with Gasteiger partial charge in [-0.05, 0) is 69.1 Å². The maximum Gasteiger partial charge on any atom is 0.326 e. The van der Waals surface area contributed by atoms with Gasteiger partial charge in [0.2, 0.25) is 5.91 Å². The van der Waals surface area contributed by atoms with E-state index in [9.17, 15) is 9.59 Å². The lowest BCUT2D eigenvalue weighted by atomic mass is 9.97. The van der Waals surface area contributed by atoms with Crippen molar-refractivity contribution >= 4 is 28.7 Å². The highest BCUT2D eigenvalue weighted by Crippen LogP contribution is 2.28. The number of amides is 2. The van der Waals surface area contributed by atoms with Crippen molar-refractivity contribution in [2.45, 2.75) is 31.7 Å². The molecule has 1 aliphatic heterocycles. The van der Waals surface area contributed by atoms with Crippen LogP contribution in [0, 0.1) is 5.92 Å². The topological polar surface area (TPSA) is 97.3 Å².